The van der Waals surface area contributed by atoms with Crippen LogP contribution in [0.15, 0.2) is 42.5 Å². The monoisotopic (exact) mass is 308 g/mol. The van der Waals surface area contributed by atoms with Gasteiger partial charge in [0.05, 0.1) is 6.04 Å². The Kier molecular flexibility index (Phi) is 5.44. The molecule has 0 amide bonds. The Morgan fingerprint density at radius 1 is 1.05 bits per heavy atom. The van der Waals surface area contributed by atoms with Crippen LogP contribution >= 0.6 is 23.2 Å². The maximum atomic E-state index is 6.07. The molecule has 0 aliphatic rings. The molecule has 0 fully saturated rings. The number of rotatable bonds is 5. The Balaban J connectivity index is 2.38. The smallest absolute Gasteiger partial charge is 0.0711 e. The Morgan fingerprint density at radius 3 is 2.35 bits per heavy atom. The molecule has 0 heterocycles. The van der Waals surface area contributed by atoms with Gasteiger partial charge in [-0.05, 0) is 41.3 Å². The van der Waals surface area contributed by atoms with E-state index in [0.29, 0.717) is 10.0 Å². The third-order valence-corrected chi connectivity index (χ3v) is 3.64. The van der Waals surface area contributed by atoms with E-state index in [2.05, 4.69) is 36.6 Å². The molecule has 2 aromatic rings. The molecule has 0 aromatic heterocycles. The van der Waals surface area contributed by atoms with Crippen LogP contribution in [0.1, 0.15) is 36.1 Å². The summed E-state index contributed by atoms with van der Waals surface area (Å²) in [5.41, 5.74) is 6.21. The molecular formula is C16H18Cl2N2. The predicted molar refractivity (Wildman–Crippen MR) is 86.1 cm³/mol. The quantitative estimate of drug-likeness (QED) is 0.630. The molecule has 4 heteroatoms. The van der Waals surface area contributed by atoms with Gasteiger partial charge in [-0.15, -0.1) is 0 Å². The molecule has 1 atom stereocenters. The number of hydrogen-bond acceptors (Lipinski definition) is 2. The second kappa shape index (κ2) is 7.09. The average Bonchev–Trinajstić information content (AvgIpc) is 2.39. The number of halogens is 2. The van der Waals surface area contributed by atoms with Crippen molar-refractivity contribution < 1.29 is 0 Å². The van der Waals surface area contributed by atoms with Crippen molar-refractivity contribution in [2.24, 2.45) is 5.84 Å². The van der Waals surface area contributed by atoms with Crippen molar-refractivity contribution in [3.63, 3.8) is 0 Å². The molecule has 0 aliphatic heterocycles. The normalized spacial score (nSPS) is 12.4. The van der Waals surface area contributed by atoms with Crippen LogP contribution in [-0.4, -0.2) is 0 Å². The van der Waals surface area contributed by atoms with Crippen molar-refractivity contribution in [2.75, 3.05) is 0 Å². The highest BCUT2D eigenvalue weighted by Gasteiger charge is 2.14. The van der Waals surface area contributed by atoms with E-state index in [4.69, 9.17) is 29.0 Å². The van der Waals surface area contributed by atoms with Crippen molar-refractivity contribution in [3.8, 4) is 0 Å². The van der Waals surface area contributed by atoms with Crippen LogP contribution in [0.3, 0.4) is 0 Å². The molecule has 0 bridgehead atoms. The fourth-order valence-corrected chi connectivity index (χ4v) is 2.89. The number of hydrogen-bond donors (Lipinski definition) is 2. The Bertz CT molecular complexity index is 564. The lowest BCUT2D eigenvalue weighted by molar-refractivity contribution is 0.636. The number of hydrazine groups is 1. The van der Waals surface area contributed by atoms with E-state index in [1.54, 1.807) is 6.07 Å². The fraction of sp³-hybridized carbons (Fsp3) is 0.250. The minimum atomic E-state index is -0.122. The molecule has 106 valence electrons. The lowest BCUT2D eigenvalue weighted by atomic mass is 9.96. The van der Waals surface area contributed by atoms with E-state index in [0.717, 1.165) is 24.0 Å². The molecular weight excluding hydrogens is 291 g/mol. The molecule has 0 saturated carbocycles. The zero-order chi connectivity index (χ0) is 14.5. The first-order chi connectivity index (χ1) is 9.63. The van der Waals surface area contributed by atoms with Crippen LogP contribution in [0.25, 0.3) is 0 Å². The molecule has 1 unspecified atom stereocenters. The van der Waals surface area contributed by atoms with Gasteiger partial charge in [-0.1, -0.05) is 60.8 Å². The molecule has 2 nitrogen and oxygen atoms in total. The molecule has 20 heavy (non-hydrogen) atoms. The highest BCUT2D eigenvalue weighted by molar-refractivity contribution is 6.34. The third kappa shape index (κ3) is 3.74. The van der Waals surface area contributed by atoms with E-state index < -0.39 is 0 Å². The Hall–Kier alpha value is -1.06. The molecule has 0 radical (unpaired) electrons. The lowest BCUT2D eigenvalue weighted by Crippen LogP contribution is -2.28. The summed E-state index contributed by atoms with van der Waals surface area (Å²) >= 11 is 12.1. The van der Waals surface area contributed by atoms with E-state index >= 15 is 0 Å². The van der Waals surface area contributed by atoms with Crippen molar-refractivity contribution >= 4 is 23.2 Å². The summed E-state index contributed by atoms with van der Waals surface area (Å²) in [5, 5.41) is 1.22. The standard InChI is InChI=1S/C16H18Cl2N2/c1-2-4-11-5-3-6-12(7-11)16(20-19)13-8-14(17)10-15(18)9-13/h3,5-10,16,20H,2,4,19H2,1H3. The van der Waals surface area contributed by atoms with Gasteiger partial charge in [0, 0.05) is 10.0 Å². The molecule has 0 spiro atoms. The molecule has 0 saturated heterocycles. The van der Waals surface area contributed by atoms with Gasteiger partial charge in [0.2, 0.25) is 0 Å². The summed E-state index contributed by atoms with van der Waals surface area (Å²) in [6.07, 6.45) is 2.18. The summed E-state index contributed by atoms with van der Waals surface area (Å²) in [4.78, 5) is 0. The van der Waals surface area contributed by atoms with Crippen molar-refractivity contribution in [2.45, 2.75) is 25.8 Å². The van der Waals surface area contributed by atoms with Crippen LogP contribution in [0.5, 0.6) is 0 Å². The summed E-state index contributed by atoms with van der Waals surface area (Å²) in [7, 11) is 0. The number of benzene rings is 2. The number of aryl methyl sites for hydroxylation is 1. The fourth-order valence-electron chi connectivity index (χ4n) is 2.34. The average molecular weight is 309 g/mol. The minimum Gasteiger partial charge on any atom is -0.271 e. The van der Waals surface area contributed by atoms with Crippen LogP contribution in [-0.2, 0) is 6.42 Å². The Morgan fingerprint density at radius 2 is 1.75 bits per heavy atom. The first-order valence-electron chi connectivity index (χ1n) is 6.65. The highest BCUT2D eigenvalue weighted by atomic mass is 35.5. The topological polar surface area (TPSA) is 38.0 Å². The van der Waals surface area contributed by atoms with Crippen molar-refractivity contribution in [3.05, 3.63) is 69.2 Å². The number of nitrogens with one attached hydrogen (secondary N) is 1. The molecule has 0 aliphatic carbocycles. The summed E-state index contributed by atoms with van der Waals surface area (Å²) in [6, 6.07) is 13.8. The van der Waals surface area contributed by atoms with Gasteiger partial charge in [0.1, 0.15) is 0 Å². The van der Waals surface area contributed by atoms with Gasteiger partial charge in [-0.2, -0.15) is 0 Å². The highest BCUT2D eigenvalue weighted by Crippen LogP contribution is 2.28. The maximum Gasteiger partial charge on any atom is 0.0711 e. The lowest BCUT2D eigenvalue weighted by Gasteiger charge is -2.18. The SMILES string of the molecule is CCCc1cccc(C(NN)c2cc(Cl)cc(Cl)c2)c1. The Labute approximate surface area is 129 Å². The van der Waals surface area contributed by atoms with Gasteiger partial charge in [0.15, 0.2) is 0 Å². The molecule has 2 rings (SSSR count). The van der Waals surface area contributed by atoms with E-state index in [1.165, 1.54) is 5.56 Å². The van der Waals surface area contributed by atoms with E-state index in [9.17, 15) is 0 Å². The first kappa shape index (κ1) is 15.3. The second-order valence-corrected chi connectivity index (χ2v) is 5.67. The summed E-state index contributed by atoms with van der Waals surface area (Å²) < 4.78 is 0. The van der Waals surface area contributed by atoms with Gasteiger partial charge < -0.3 is 0 Å². The van der Waals surface area contributed by atoms with Crippen LogP contribution in [0, 0.1) is 0 Å². The van der Waals surface area contributed by atoms with Gasteiger partial charge >= 0.3 is 0 Å². The van der Waals surface area contributed by atoms with Gasteiger partial charge in [-0.3, -0.25) is 5.84 Å². The maximum absolute atomic E-state index is 6.07. The molecule has 2 aromatic carbocycles. The van der Waals surface area contributed by atoms with Crippen LogP contribution < -0.4 is 11.3 Å². The van der Waals surface area contributed by atoms with Crippen LogP contribution in [0.4, 0.5) is 0 Å². The predicted octanol–water partition coefficient (Wildman–Crippen LogP) is 4.50. The van der Waals surface area contributed by atoms with E-state index in [-0.39, 0.29) is 6.04 Å². The minimum absolute atomic E-state index is 0.122. The first-order valence-corrected chi connectivity index (χ1v) is 7.40. The largest absolute Gasteiger partial charge is 0.271 e. The zero-order valence-corrected chi connectivity index (χ0v) is 12.9. The number of nitrogens with two attached hydrogens (primary N) is 1. The second-order valence-electron chi connectivity index (χ2n) is 4.80. The summed E-state index contributed by atoms with van der Waals surface area (Å²) in [5.74, 6) is 5.72. The van der Waals surface area contributed by atoms with Crippen molar-refractivity contribution in [1.82, 2.24) is 5.43 Å². The van der Waals surface area contributed by atoms with Gasteiger partial charge in [0.25, 0.3) is 0 Å². The van der Waals surface area contributed by atoms with Crippen LogP contribution in [0.2, 0.25) is 10.0 Å². The van der Waals surface area contributed by atoms with Crippen molar-refractivity contribution in [1.29, 1.82) is 0 Å². The third-order valence-electron chi connectivity index (χ3n) is 3.21. The van der Waals surface area contributed by atoms with Gasteiger partial charge in [-0.25, -0.2) is 5.43 Å². The summed E-state index contributed by atoms with van der Waals surface area (Å²) in [6.45, 7) is 2.17. The zero-order valence-electron chi connectivity index (χ0n) is 11.4. The van der Waals surface area contributed by atoms with E-state index in [1.807, 2.05) is 12.1 Å². The molecule has 3 N–H and O–H groups in total.